The molecule has 2 aromatic rings. The molecule has 2 heterocycles. The summed E-state index contributed by atoms with van der Waals surface area (Å²) >= 11 is 0. The van der Waals surface area contributed by atoms with Gasteiger partial charge in [0.25, 0.3) is 11.8 Å². The Hall–Kier alpha value is -3.22. The lowest BCUT2D eigenvalue weighted by Crippen LogP contribution is -2.50. The molecule has 0 unspecified atom stereocenters. The molecule has 2 amide bonds. The van der Waals surface area contributed by atoms with Gasteiger partial charge in [-0.05, 0) is 43.0 Å². The van der Waals surface area contributed by atoms with Crippen LogP contribution in [0.25, 0.3) is 0 Å². The normalized spacial score (nSPS) is 16.7. The summed E-state index contributed by atoms with van der Waals surface area (Å²) in [5, 5.41) is 0. The maximum Gasteiger partial charge on any atom is 0.254 e. The average molecular weight is 424 g/mol. The fourth-order valence-electron chi connectivity index (χ4n) is 4.56. The number of nitrogens with zero attached hydrogens (tertiary/aromatic N) is 2. The van der Waals surface area contributed by atoms with E-state index in [0.29, 0.717) is 35.9 Å². The van der Waals surface area contributed by atoms with Gasteiger partial charge < -0.3 is 24.0 Å². The molecule has 164 valence electrons. The van der Waals surface area contributed by atoms with Crippen molar-refractivity contribution >= 4 is 11.8 Å². The Morgan fingerprint density at radius 3 is 2.19 bits per heavy atom. The van der Waals surface area contributed by atoms with Gasteiger partial charge in [0.15, 0.2) is 11.5 Å². The van der Waals surface area contributed by atoms with Crippen molar-refractivity contribution in [3.8, 4) is 17.2 Å². The van der Waals surface area contributed by atoms with Gasteiger partial charge in [-0.2, -0.15) is 0 Å². The highest BCUT2D eigenvalue weighted by Gasteiger charge is 2.33. The second-order valence-electron chi connectivity index (χ2n) is 7.84. The molecule has 0 atom stereocenters. The highest BCUT2D eigenvalue weighted by molar-refractivity contribution is 5.97. The summed E-state index contributed by atoms with van der Waals surface area (Å²) in [6.07, 6.45) is 2.42. The van der Waals surface area contributed by atoms with Crippen LogP contribution in [0.1, 0.15) is 39.1 Å². The van der Waals surface area contributed by atoms with Crippen molar-refractivity contribution < 1.29 is 23.8 Å². The van der Waals surface area contributed by atoms with Crippen LogP contribution in [0.15, 0.2) is 36.4 Å². The minimum Gasteiger partial charge on any atom is -0.493 e. The first-order valence-electron chi connectivity index (χ1n) is 10.6. The summed E-state index contributed by atoms with van der Waals surface area (Å²) in [5.74, 6) is 1.41. The average Bonchev–Trinajstić information content (AvgIpc) is 2.83. The second-order valence-corrected chi connectivity index (χ2v) is 7.84. The largest absolute Gasteiger partial charge is 0.493 e. The van der Waals surface area contributed by atoms with E-state index in [-0.39, 0.29) is 17.9 Å². The van der Waals surface area contributed by atoms with E-state index in [0.717, 1.165) is 36.9 Å². The summed E-state index contributed by atoms with van der Waals surface area (Å²) in [6.45, 7) is 1.94. The Bertz CT molecular complexity index is 957. The topological polar surface area (TPSA) is 68.3 Å². The lowest BCUT2D eigenvalue weighted by Gasteiger charge is -2.40. The third kappa shape index (κ3) is 3.92. The summed E-state index contributed by atoms with van der Waals surface area (Å²) < 4.78 is 16.1. The standard InChI is InChI=1S/C24H28N2O5/c1-29-20-14-17(15-21(30-2)22(20)31-3)23(27)25-11-9-18(10-12-25)26-13-8-16-6-4-5-7-19(16)24(26)28/h4-7,14-15,18H,8-13H2,1-3H3. The van der Waals surface area contributed by atoms with E-state index in [2.05, 4.69) is 0 Å². The van der Waals surface area contributed by atoms with Crippen LogP contribution in [0.3, 0.4) is 0 Å². The number of methoxy groups -OCH3 is 3. The predicted octanol–water partition coefficient (Wildman–Crippen LogP) is 3.02. The number of benzene rings is 2. The van der Waals surface area contributed by atoms with E-state index < -0.39 is 0 Å². The maximum atomic E-state index is 13.1. The van der Waals surface area contributed by atoms with Crippen LogP contribution in [0, 0.1) is 0 Å². The van der Waals surface area contributed by atoms with Gasteiger partial charge in [0.1, 0.15) is 0 Å². The van der Waals surface area contributed by atoms with Gasteiger partial charge in [0, 0.05) is 36.8 Å². The van der Waals surface area contributed by atoms with Crippen molar-refractivity contribution in [2.24, 2.45) is 0 Å². The van der Waals surface area contributed by atoms with E-state index in [1.807, 2.05) is 34.1 Å². The summed E-state index contributed by atoms with van der Waals surface area (Å²) in [4.78, 5) is 29.9. The molecular formula is C24H28N2O5. The molecule has 1 saturated heterocycles. The van der Waals surface area contributed by atoms with Crippen LogP contribution in [0.2, 0.25) is 0 Å². The highest BCUT2D eigenvalue weighted by atomic mass is 16.5. The van der Waals surface area contributed by atoms with Crippen LogP contribution >= 0.6 is 0 Å². The van der Waals surface area contributed by atoms with E-state index >= 15 is 0 Å². The third-order valence-electron chi connectivity index (χ3n) is 6.23. The van der Waals surface area contributed by atoms with Crippen molar-refractivity contribution in [3.63, 3.8) is 0 Å². The van der Waals surface area contributed by atoms with Gasteiger partial charge in [0.05, 0.1) is 21.3 Å². The van der Waals surface area contributed by atoms with Gasteiger partial charge >= 0.3 is 0 Å². The predicted molar refractivity (Wildman–Crippen MR) is 116 cm³/mol. The number of piperidine rings is 1. The minimum absolute atomic E-state index is 0.0759. The zero-order valence-electron chi connectivity index (χ0n) is 18.2. The molecule has 2 aliphatic rings. The minimum atomic E-state index is -0.0759. The fraction of sp³-hybridized carbons (Fsp3) is 0.417. The van der Waals surface area contributed by atoms with Crippen molar-refractivity contribution in [1.82, 2.24) is 9.80 Å². The molecule has 0 N–H and O–H groups in total. The number of amides is 2. The monoisotopic (exact) mass is 424 g/mol. The molecule has 1 fully saturated rings. The number of likely N-dealkylation sites (tertiary alicyclic amines) is 1. The Balaban J connectivity index is 1.45. The Morgan fingerprint density at radius 2 is 1.58 bits per heavy atom. The van der Waals surface area contributed by atoms with Crippen LogP contribution in [0.4, 0.5) is 0 Å². The third-order valence-corrected chi connectivity index (χ3v) is 6.23. The number of fused-ring (bicyclic) bond motifs is 1. The molecular weight excluding hydrogens is 396 g/mol. The summed E-state index contributed by atoms with van der Waals surface area (Å²) in [5.41, 5.74) is 2.43. The van der Waals surface area contributed by atoms with Crippen LogP contribution < -0.4 is 14.2 Å². The molecule has 0 aromatic heterocycles. The number of carbonyl (C=O) groups excluding carboxylic acids is 2. The number of rotatable bonds is 5. The first-order chi connectivity index (χ1) is 15.1. The van der Waals surface area contributed by atoms with Crippen molar-refractivity contribution in [2.45, 2.75) is 25.3 Å². The molecule has 31 heavy (non-hydrogen) atoms. The van der Waals surface area contributed by atoms with Gasteiger partial charge in [-0.1, -0.05) is 18.2 Å². The van der Waals surface area contributed by atoms with Gasteiger partial charge in [-0.15, -0.1) is 0 Å². The van der Waals surface area contributed by atoms with Crippen LogP contribution in [-0.4, -0.2) is 68.6 Å². The SMILES string of the molecule is COc1cc(C(=O)N2CCC(N3CCc4ccccc4C3=O)CC2)cc(OC)c1OC. The molecule has 4 rings (SSSR count). The molecule has 7 heteroatoms. The molecule has 0 spiro atoms. The Labute approximate surface area is 182 Å². The van der Waals surface area contributed by atoms with E-state index in [4.69, 9.17) is 14.2 Å². The van der Waals surface area contributed by atoms with Crippen molar-refractivity contribution in [2.75, 3.05) is 41.0 Å². The maximum absolute atomic E-state index is 13.1. The molecule has 0 aliphatic carbocycles. The molecule has 2 aliphatic heterocycles. The Kier molecular flexibility index (Phi) is 6.02. The van der Waals surface area contributed by atoms with Gasteiger partial charge in [-0.25, -0.2) is 0 Å². The molecule has 7 nitrogen and oxygen atoms in total. The number of hydrogen-bond donors (Lipinski definition) is 0. The molecule has 0 bridgehead atoms. The second kappa shape index (κ2) is 8.88. The lowest BCUT2D eigenvalue weighted by molar-refractivity contribution is 0.0505. The Morgan fingerprint density at radius 1 is 0.935 bits per heavy atom. The zero-order chi connectivity index (χ0) is 22.0. The quantitative estimate of drug-likeness (QED) is 0.738. The zero-order valence-corrected chi connectivity index (χ0v) is 18.2. The smallest absolute Gasteiger partial charge is 0.254 e. The first kappa shape index (κ1) is 21.0. The summed E-state index contributed by atoms with van der Waals surface area (Å²) in [6, 6.07) is 11.4. The lowest BCUT2D eigenvalue weighted by atomic mass is 9.94. The molecule has 0 radical (unpaired) electrons. The number of carbonyl (C=O) groups is 2. The number of ether oxygens (including phenoxy) is 3. The van der Waals surface area contributed by atoms with E-state index in [1.165, 1.54) is 21.3 Å². The van der Waals surface area contributed by atoms with Crippen LogP contribution in [-0.2, 0) is 6.42 Å². The fourth-order valence-corrected chi connectivity index (χ4v) is 4.56. The van der Waals surface area contributed by atoms with Gasteiger partial charge in [-0.3, -0.25) is 9.59 Å². The van der Waals surface area contributed by atoms with Gasteiger partial charge in [0.2, 0.25) is 5.75 Å². The molecule has 0 saturated carbocycles. The highest BCUT2D eigenvalue weighted by Crippen LogP contribution is 2.38. The van der Waals surface area contributed by atoms with E-state index in [1.54, 1.807) is 12.1 Å². The summed E-state index contributed by atoms with van der Waals surface area (Å²) in [7, 11) is 4.60. The van der Waals surface area contributed by atoms with Crippen molar-refractivity contribution in [1.29, 1.82) is 0 Å². The van der Waals surface area contributed by atoms with Crippen LogP contribution in [0.5, 0.6) is 17.2 Å². The van der Waals surface area contributed by atoms with Crippen molar-refractivity contribution in [3.05, 3.63) is 53.1 Å². The van der Waals surface area contributed by atoms with E-state index in [9.17, 15) is 9.59 Å². The first-order valence-corrected chi connectivity index (χ1v) is 10.6. The molecule has 2 aromatic carbocycles. The number of hydrogen-bond acceptors (Lipinski definition) is 5.